The average molecular weight is 549 g/mol. The third kappa shape index (κ3) is 7.04. The number of nitrogens with one attached hydrogen (secondary N) is 1. The Hall–Kier alpha value is -3.26. The SMILES string of the molecule is CCCCSc1nc2n(n1)C(c1ccc(OCc3ccc(C(C)(C)C)cc3)cc1)C(C(=O)OCCC)=C(C)N2. The minimum atomic E-state index is -0.447. The van der Waals surface area contributed by atoms with E-state index >= 15 is 0 Å². The number of anilines is 1. The van der Waals surface area contributed by atoms with Gasteiger partial charge in [0, 0.05) is 11.4 Å². The number of carbonyl (C=O) groups excluding carboxylic acids is 1. The fourth-order valence-corrected chi connectivity index (χ4v) is 5.27. The number of esters is 1. The number of hydrogen-bond donors (Lipinski definition) is 1. The Bertz CT molecular complexity index is 1290. The molecule has 0 aliphatic carbocycles. The lowest BCUT2D eigenvalue weighted by Crippen LogP contribution is -2.29. The van der Waals surface area contributed by atoms with Crippen molar-refractivity contribution in [1.29, 1.82) is 0 Å². The summed E-state index contributed by atoms with van der Waals surface area (Å²) in [7, 11) is 0. The van der Waals surface area contributed by atoms with E-state index < -0.39 is 6.04 Å². The fraction of sp³-hybridized carbons (Fsp3) is 0.452. The monoisotopic (exact) mass is 548 g/mol. The smallest absolute Gasteiger partial charge is 0.338 e. The Morgan fingerprint density at radius 2 is 1.77 bits per heavy atom. The number of thioether (sulfide) groups is 1. The first-order valence-electron chi connectivity index (χ1n) is 13.8. The molecular formula is C31H40N4O3S. The molecule has 39 heavy (non-hydrogen) atoms. The predicted molar refractivity (Wildman–Crippen MR) is 157 cm³/mol. The van der Waals surface area contributed by atoms with Gasteiger partial charge >= 0.3 is 5.97 Å². The van der Waals surface area contributed by atoms with Crippen LogP contribution in [0.3, 0.4) is 0 Å². The third-order valence-corrected chi connectivity index (χ3v) is 7.56. The summed E-state index contributed by atoms with van der Waals surface area (Å²) in [5.74, 6) is 2.00. The summed E-state index contributed by atoms with van der Waals surface area (Å²) in [6.07, 6.45) is 2.97. The van der Waals surface area contributed by atoms with Gasteiger partial charge < -0.3 is 14.8 Å². The number of fused-ring (bicyclic) bond motifs is 1. The number of benzene rings is 2. The molecular weight excluding hydrogens is 508 g/mol. The van der Waals surface area contributed by atoms with Gasteiger partial charge in [-0.15, -0.1) is 5.10 Å². The summed E-state index contributed by atoms with van der Waals surface area (Å²) in [5.41, 5.74) is 4.72. The number of nitrogens with zero attached hydrogens (tertiary/aromatic N) is 3. The van der Waals surface area contributed by atoms with Crippen LogP contribution in [0.5, 0.6) is 5.75 Å². The Labute approximate surface area is 236 Å². The van der Waals surface area contributed by atoms with E-state index in [1.54, 1.807) is 16.4 Å². The van der Waals surface area contributed by atoms with Crippen LogP contribution >= 0.6 is 11.8 Å². The molecule has 2 heterocycles. The largest absolute Gasteiger partial charge is 0.489 e. The summed E-state index contributed by atoms with van der Waals surface area (Å²) < 4.78 is 13.5. The first-order valence-corrected chi connectivity index (χ1v) is 14.8. The van der Waals surface area contributed by atoms with Crippen LogP contribution in [-0.2, 0) is 21.6 Å². The van der Waals surface area contributed by atoms with E-state index in [2.05, 4.69) is 57.3 Å². The van der Waals surface area contributed by atoms with Crippen LogP contribution in [0.2, 0.25) is 0 Å². The molecule has 0 amide bonds. The van der Waals surface area contributed by atoms with Gasteiger partial charge in [0.05, 0.1) is 12.2 Å². The number of ether oxygens (including phenoxy) is 2. The Balaban J connectivity index is 1.56. The number of allylic oxidation sites excluding steroid dienone is 1. The van der Waals surface area contributed by atoms with Crippen LogP contribution in [0.1, 0.15) is 83.5 Å². The van der Waals surface area contributed by atoms with Crippen molar-refractivity contribution in [3.8, 4) is 5.75 Å². The molecule has 8 heteroatoms. The zero-order valence-corrected chi connectivity index (χ0v) is 24.7. The summed E-state index contributed by atoms with van der Waals surface area (Å²) in [6.45, 7) is 13.5. The molecule has 2 aromatic carbocycles. The summed E-state index contributed by atoms with van der Waals surface area (Å²) >= 11 is 1.63. The molecule has 0 saturated carbocycles. The van der Waals surface area contributed by atoms with Crippen molar-refractivity contribution >= 4 is 23.7 Å². The lowest BCUT2D eigenvalue weighted by Gasteiger charge is -2.28. The number of unbranched alkanes of at least 4 members (excludes halogenated alkanes) is 1. The molecule has 0 spiro atoms. The lowest BCUT2D eigenvalue weighted by molar-refractivity contribution is -0.139. The normalized spacial score (nSPS) is 15.1. The molecule has 7 nitrogen and oxygen atoms in total. The van der Waals surface area contributed by atoms with Crippen molar-refractivity contribution < 1.29 is 14.3 Å². The topological polar surface area (TPSA) is 78.3 Å². The van der Waals surface area contributed by atoms with Crippen LogP contribution in [0.25, 0.3) is 0 Å². The number of aromatic nitrogens is 3. The molecule has 4 rings (SSSR count). The van der Waals surface area contributed by atoms with E-state index in [0.29, 0.717) is 29.9 Å². The summed E-state index contributed by atoms with van der Waals surface area (Å²) in [4.78, 5) is 17.9. The molecule has 1 unspecified atom stereocenters. The van der Waals surface area contributed by atoms with E-state index in [9.17, 15) is 4.79 Å². The Morgan fingerprint density at radius 1 is 1.05 bits per heavy atom. The minimum Gasteiger partial charge on any atom is -0.489 e. The summed E-state index contributed by atoms with van der Waals surface area (Å²) in [5, 5.41) is 8.75. The van der Waals surface area contributed by atoms with Crippen LogP contribution in [0.4, 0.5) is 5.95 Å². The molecule has 208 valence electrons. The van der Waals surface area contributed by atoms with Gasteiger partial charge in [0.25, 0.3) is 0 Å². The molecule has 0 radical (unpaired) electrons. The molecule has 1 N–H and O–H groups in total. The van der Waals surface area contributed by atoms with E-state index in [-0.39, 0.29) is 11.4 Å². The zero-order chi connectivity index (χ0) is 28.0. The van der Waals surface area contributed by atoms with Gasteiger partial charge in [-0.05, 0) is 54.0 Å². The van der Waals surface area contributed by atoms with E-state index in [1.165, 1.54) is 5.56 Å². The molecule has 1 atom stereocenters. The number of rotatable bonds is 11. The van der Waals surface area contributed by atoms with Crippen LogP contribution < -0.4 is 10.1 Å². The molecule has 3 aromatic rings. The second kappa shape index (κ2) is 12.7. The van der Waals surface area contributed by atoms with Crippen LogP contribution in [0, 0.1) is 0 Å². The van der Waals surface area contributed by atoms with Crippen molar-refractivity contribution in [3.63, 3.8) is 0 Å². The Morgan fingerprint density at radius 3 is 2.41 bits per heavy atom. The standard InChI is InChI=1S/C31H40N4O3S/c1-7-9-19-39-30-33-29-32-21(3)26(28(36)37-18-8-2)27(35(29)34-30)23-12-16-25(17-13-23)38-20-22-10-14-24(15-11-22)31(4,5)6/h10-17,27H,7-9,18-20H2,1-6H3,(H,32,33,34). The zero-order valence-electron chi connectivity index (χ0n) is 23.9. The maximum Gasteiger partial charge on any atom is 0.338 e. The molecule has 1 aromatic heterocycles. The highest BCUT2D eigenvalue weighted by atomic mass is 32.2. The molecule has 1 aliphatic rings. The van der Waals surface area contributed by atoms with E-state index in [4.69, 9.17) is 19.6 Å². The maximum absolute atomic E-state index is 13.2. The van der Waals surface area contributed by atoms with Gasteiger partial charge in [-0.1, -0.05) is 89.2 Å². The van der Waals surface area contributed by atoms with Gasteiger partial charge in [-0.3, -0.25) is 0 Å². The molecule has 0 fully saturated rings. The van der Waals surface area contributed by atoms with Crippen LogP contribution in [0.15, 0.2) is 65.0 Å². The third-order valence-electron chi connectivity index (χ3n) is 6.64. The van der Waals surface area contributed by atoms with Gasteiger partial charge in [0.1, 0.15) is 18.4 Å². The highest BCUT2D eigenvalue weighted by Crippen LogP contribution is 2.37. The van der Waals surface area contributed by atoms with Crippen LogP contribution in [-0.4, -0.2) is 33.1 Å². The number of carbonyl (C=O) groups is 1. The Kier molecular flexibility index (Phi) is 9.38. The fourth-order valence-electron chi connectivity index (χ4n) is 4.36. The quantitative estimate of drug-likeness (QED) is 0.153. The second-order valence-electron chi connectivity index (χ2n) is 10.9. The summed E-state index contributed by atoms with van der Waals surface area (Å²) in [6, 6.07) is 16.0. The van der Waals surface area contributed by atoms with Gasteiger partial charge in [0.2, 0.25) is 11.1 Å². The lowest BCUT2D eigenvalue weighted by atomic mass is 9.87. The molecule has 1 aliphatic heterocycles. The maximum atomic E-state index is 13.2. The van der Waals surface area contributed by atoms with Crippen molar-refractivity contribution in [1.82, 2.24) is 14.8 Å². The second-order valence-corrected chi connectivity index (χ2v) is 11.9. The van der Waals surface area contributed by atoms with E-state index in [1.807, 2.05) is 38.1 Å². The van der Waals surface area contributed by atoms with Gasteiger partial charge in [-0.25, -0.2) is 9.48 Å². The van der Waals surface area contributed by atoms with E-state index in [0.717, 1.165) is 47.6 Å². The molecule has 0 saturated heterocycles. The predicted octanol–water partition coefficient (Wildman–Crippen LogP) is 7.29. The van der Waals surface area contributed by atoms with Gasteiger partial charge in [-0.2, -0.15) is 4.98 Å². The van der Waals surface area contributed by atoms with Crippen molar-refractivity contribution in [3.05, 3.63) is 76.5 Å². The highest BCUT2D eigenvalue weighted by Gasteiger charge is 2.35. The van der Waals surface area contributed by atoms with Crippen molar-refractivity contribution in [2.45, 2.75) is 84.0 Å². The first kappa shape index (κ1) is 28.7. The van der Waals surface area contributed by atoms with Crippen molar-refractivity contribution in [2.24, 2.45) is 0 Å². The minimum absolute atomic E-state index is 0.122. The highest BCUT2D eigenvalue weighted by molar-refractivity contribution is 7.99. The average Bonchev–Trinajstić information content (AvgIpc) is 3.32. The van der Waals surface area contributed by atoms with Gasteiger partial charge in [0.15, 0.2) is 0 Å². The molecule has 0 bridgehead atoms. The first-order chi connectivity index (χ1) is 18.7. The number of hydrogen-bond acceptors (Lipinski definition) is 7. The van der Waals surface area contributed by atoms with Crippen molar-refractivity contribution in [2.75, 3.05) is 17.7 Å².